The molecule has 0 amide bonds. The molecule has 0 fully saturated rings. The standard InChI is InChI=1S/C11H22O2/c1-4-5-6-7-8-9-10-11(12-2)13-3/h10H,4-9H2,1-3H3. The molecule has 0 spiro atoms. The Kier molecular flexibility index (Phi) is 8.95. The molecule has 0 rings (SSSR count). The van der Waals surface area contributed by atoms with Crippen LogP contribution in [0, 0.1) is 0 Å². The highest BCUT2D eigenvalue weighted by atomic mass is 16.7. The van der Waals surface area contributed by atoms with Crippen LogP contribution in [-0.4, -0.2) is 14.2 Å². The molecule has 0 aliphatic heterocycles. The Morgan fingerprint density at radius 2 is 1.62 bits per heavy atom. The summed E-state index contributed by atoms with van der Waals surface area (Å²) in [6.45, 7) is 2.23. The van der Waals surface area contributed by atoms with E-state index in [1.807, 2.05) is 6.08 Å². The molecule has 0 aliphatic carbocycles. The fourth-order valence-corrected chi connectivity index (χ4v) is 1.22. The molecule has 0 saturated carbocycles. The number of unbranched alkanes of at least 4 members (excludes halogenated alkanes) is 5. The summed E-state index contributed by atoms with van der Waals surface area (Å²) in [4.78, 5) is 0. The van der Waals surface area contributed by atoms with Crippen molar-refractivity contribution in [1.82, 2.24) is 0 Å². The van der Waals surface area contributed by atoms with E-state index in [-0.39, 0.29) is 0 Å². The zero-order valence-electron chi connectivity index (χ0n) is 9.14. The van der Waals surface area contributed by atoms with Crippen molar-refractivity contribution in [2.45, 2.75) is 45.4 Å². The highest BCUT2D eigenvalue weighted by Crippen LogP contribution is 2.07. The topological polar surface area (TPSA) is 18.5 Å². The van der Waals surface area contributed by atoms with Crippen LogP contribution in [0.3, 0.4) is 0 Å². The van der Waals surface area contributed by atoms with Gasteiger partial charge < -0.3 is 9.47 Å². The minimum absolute atomic E-state index is 0.635. The van der Waals surface area contributed by atoms with Gasteiger partial charge in [-0.05, 0) is 18.9 Å². The molecule has 0 aromatic carbocycles. The second-order valence-electron chi connectivity index (χ2n) is 3.13. The van der Waals surface area contributed by atoms with Crippen LogP contribution in [0.2, 0.25) is 0 Å². The molecule has 78 valence electrons. The minimum Gasteiger partial charge on any atom is -0.469 e. The van der Waals surface area contributed by atoms with E-state index in [2.05, 4.69) is 6.92 Å². The van der Waals surface area contributed by atoms with Gasteiger partial charge in [0.25, 0.3) is 5.95 Å². The van der Waals surface area contributed by atoms with Gasteiger partial charge in [0, 0.05) is 0 Å². The average Bonchev–Trinajstić information content (AvgIpc) is 2.17. The molecule has 2 nitrogen and oxygen atoms in total. The van der Waals surface area contributed by atoms with Crippen molar-refractivity contribution in [3.8, 4) is 0 Å². The first kappa shape index (κ1) is 12.3. The predicted molar refractivity (Wildman–Crippen MR) is 55.5 cm³/mol. The van der Waals surface area contributed by atoms with Gasteiger partial charge in [0.2, 0.25) is 0 Å². The summed E-state index contributed by atoms with van der Waals surface area (Å²) in [5, 5.41) is 0. The van der Waals surface area contributed by atoms with Crippen molar-refractivity contribution in [2.24, 2.45) is 0 Å². The van der Waals surface area contributed by atoms with E-state index in [9.17, 15) is 0 Å². The average molecular weight is 186 g/mol. The second-order valence-corrected chi connectivity index (χ2v) is 3.13. The number of ether oxygens (including phenoxy) is 2. The normalized spacial score (nSPS) is 9.46. The van der Waals surface area contributed by atoms with Crippen LogP contribution in [0.15, 0.2) is 12.0 Å². The van der Waals surface area contributed by atoms with Crippen LogP contribution in [0.25, 0.3) is 0 Å². The minimum atomic E-state index is 0.635. The summed E-state index contributed by atoms with van der Waals surface area (Å²) in [6.07, 6.45) is 9.61. The fraction of sp³-hybridized carbons (Fsp3) is 0.818. The van der Waals surface area contributed by atoms with E-state index in [0.29, 0.717) is 5.95 Å². The lowest BCUT2D eigenvalue weighted by Crippen LogP contribution is -1.89. The van der Waals surface area contributed by atoms with E-state index in [1.54, 1.807) is 14.2 Å². The van der Waals surface area contributed by atoms with E-state index in [0.717, 1.165) is 6.42 Å². The Labute approximate surface area is 81.9 Å². The van der Waals surface area contributed by atoms with Crippen LogP contribution in [0.1, 0.15) is 45.4 Å². The molecule has 0 bridgehead atoms. The summed E-state index contributed by atoms with van der Waals surface area (Å²) in [5.74, 6) is 0.635. The molecule has 0 atom stereocenters. The first-order chi connectivity index (χ1) is 6.35. The van der Waals surface area contributed by atoms with Crippen molar-refractivity contribution >= 4 is 0 Å². The van der Waals surface area contributed by atoms with E-state index in [1.165, 1.54) is 32.1 Å². The summed E-state index contributed by atoms with van der Waals surface area (Å²) in [5.41, 5.74) is 0. The lowest BCUT2D eigenvalue weighted by Gasteiger charge is -2.03. The highest BCUT2D eigenvalue weighted by molar-refractivity contribution is 4.82. The van der Waals surface area contributed by atoms with E-state index < -0.39 is 0 Å². The molecular formula is C11H22O2. The summed E-state index contributed by atoms with van der Waals surface area (Å²) in [6, 6.07) is 0. The highest BCUT2D eigenvalue weighted by Gasteiger charge is 1.92. The van der Waals surface area contributed by atoms with Crippen molar-refractivity contribution < 1.29 is 9.47 Å². The zero-order chi connectivity index (χ0) is 9.94. The third kappa shape index (κ3) is 7.69. The van der Waals surface area contributed by atoms with Gasteiger partial charge in [-0.3, -0.25) is 0 Å². The maximum absolute atomic E-state index is 4.97. The molecule has 0 heterocycles. The lowest BCUT2D eigenvalue weighted by molar-refractivity contribution is 0.0938. The Bertz CT molecular complexity index is 124. The molecule has 0 unspecified atom stereocenters. The first-order valence-corrected chi connectivity index (χ1v) is 5.13. The summed E-state index contributed by atoms with van der Waals surface area (Å²) >= 11 is 0. The van der Waals surface area contributed by atoms with E-state index in [4.69, 9.17) is 9.47 Å². The number of hydrogen-bond donors (Lipinski definition) is 0. The molecule has 0 N–H and O–H groups in total. The molecule has 0 aromatic rings. The van der Waals surface area contributed by atoms with Gasteiger partial charge in [-0.25, -0.2) is 0 Å². The fourth-order valence-electron chi connectivity index (χ4n) is 1.22. The summed E-state index contributed by atoms with van der Waals surface area (Å²) < 4.78 is 9.93. The van der Waals surface area contributed by atoms with Gasteiger partial charge in [0.05, 0.1) is 14.2 Å². The molecule has 0 radical (unpaired) electrons. The van der Waals surface area contributed by atoms with Gasteiger partial charge in [-0.2, -0.15) is 0 Å². The molecule has 0 aliphatic rings. The van der Waals surface area contributed by atoms with Crippen molar-refractivity contribution in [3.63, 3.8) is 0 Å². The molecule has 0 saturated heterocycles. The van der Waals surface area contributed by atoms with Gasteiger partial charge >= 0.3 is 0 Å². The summed E-state index contributed by atoms with van der Waals surface area (Å²) in [7, 11) is 3.26. The molecule has 2 heteroatoms. The van der Waals surface area contributed by atoms with Gasteiger partial charge in [0.15, 0.2) is 0 Å². The maximum Gasteiger partial charge on any atom is 0.274 e. The first-order valence-electron chi connectivity index (χ1n) is 5.13. The number of methoxy groups -OCH3 is 2. The van der Waals surface area contributed by atoms with Crippen LogP contribution >= 0.6 is 0 Å². The lowest BCUT2D eigenvalue weighted by atomic mass is 10.1. The zero-order valence-corrected chi connectivity index (χ0v) is 9.14. The Balaban J connectivity index is 3.27. The van der Waals surface area contributed by atoms with Crippen LogP contribution in [-0.2, 0) is 9.47 Å². The second kappa shape index (κ2) is 9.43. The Morgan fingerprint density at radius 3 is 2.15 bits per heavy atom. The number of rotatable bonds is 8. The van der Waals surface area contributed by atoms with Crippen LogP contribution < -0.4 is 0 Å². The monoisotopic (exact) mass is 186 g/mol. The van der Waals surface area contributed by atoms with Gasteiger partial charge in [-0.1, -0.05) is 32.6 Å². The van der Waals surface area contributed by atoms with Crippen LogP contribution in [0.5, 0.6) is 0 Å². The molecule has 0 aromatic heterocycles. The smallest absolute Gasteiger partial charge is 0.274 e. The maximum atomic E-state index is 4.97. The van der Waals surface area contributed by atoms with Crippen molar-refractivity contribution in [3.05, 3.63) is 12.0 Å². The molecule has 13 heavy (non-hydrogen) atoms. The Morgan fingerprint density at radius 1 is 1.00 bits per heavy atom. The third-order valence-electron chi connectivity index (χ3n) is 2.02. The van der Waals surface area contributed by atoms with Crippen LogP contribution in [0.4, 0.5) is 0 Å². The Hall–Kier alpha value is -0.660. The predicted octanol–water partition coefficient (Wildman–Crippen LogP) is 3.48. The SMILES string of the molecule is CCCCCCCC=C(OC)OC. The van der Waals surface area contributed by atoms with Crippen molar-refractivity contribution in [1.29, 1.82) is 0 Å². The number of hydrogen-bond acceptors (Lipinski definition) is 2. The van der Waals surface area contributed by atoms with Crippen molar-refractivity contribution in [2.75, 3.05) is 14.2 Å². The number of allylic oxidation sites excluding steroid dienone is 1. The quantitative estimate of drug-likeness (QED) is 0.427. The molecular weight excluding hydrogens is 164 g/mol. The van der Waals surface area contributed by atoms with Gasteiger partial charge in [-0.15, -0.1) is 0 Å². The third-order valence-corrected chi connectivity index (χ3v) is 2.02. The van der Waals surface area contributed by atoms with Gasteiger partial charge in [0.1, 0.15) is 0 Å². The van der Waals surface area contributed by atoms with E-state index >= 15 is 0 Å². The largest absolute Gasteiger partial charge is 0.469 e.